The van der Waals surface area contributed by atoms with E-state index in [4.69, 9.17) is 0 Å². The molecule has 100 valence electrons. The van der Waals surface area contributed by atoms with E-state index < -0.39 is 0 Å². The quantitative estimate of drug-likeness (QED) is 0.772. The number of rotatable bonds is 5. The molecule has 7 heteroatoms. The Balaban J connectivity index is 2.01. The first kappa shape index (κ1) is 14.2. The van der Waals surface area contributed by atoms with Crippen molar-refractivity contribution in [1.29, 1.82) is 0 Å². The molecule has 0 aliphatic heterocycles. The molecule has 2 N–H and O–H groups in total. The maximum atomic E-state index is 12.0. The van der Waals surface area contributed by atoms with Gasteiger partial charge in [-0.3, -0.25) is 4.79 Å². The Hall–Kier alpha value is -1.22. The molecule has 0 unspecified atom stereocenters. The summed E-state index contributed by atoms with van der Waals surface area (Å²) in [4.78, 5) is 12.0. The van der Waals surface area contributed by atoms with Gasteiger partial charge in [-0.15, -0.1) is 10.2 Å². The van der Waals surface area contributed by atoms with E-state index in [-0.39, 0.29) is 5.91 Å². The van der Waals surface area contributed by atoms with Gasteiger partial charge in [-0.1, -0.05) is 24.3 Å². The number of nitrogens with zero attached hydrogens (tertiary/aromatic N) is 2. The third-order valence-corrected chi connectivity index (χ3v) is 3.78. The summed E-state index contributed by atoms with van der Waals surface area (Å²) in [6.07, 6.45) is 1.00. The van der Waals surface area contributed by atoms with Crippen LogP contribution in [0, 0.1) is 3.57 Å². The van der Waals surface area contributed by atoms with Gasteiger partial charge >= 0.3 is 0 Å². The van der Waals surface area contributed by atoms with E-state index in [1.807, 2.05) is 24.3 Å². The van der Waals surface area contributed by atoms with Gasteiger partial charge in [0.2, 0.25) is 10.1 Å². The highest BCUT2D eigenvalue weighted by atomic mass is 127. The fraction of sp³-hybridized carbons (Fsp3) is 0.250. The van der Waals surface area contributed by atoms with Crippen molar-refractivity contribution in [2.45, 2.75) is 13.3 Å². The summed E-state index contributed by atoms with van der Waals surface area (Å²) in [5.41, 5.74) is 0.759. The number of benzene rings is 1. The highest BCUT2D eigenvalue weighted by Gasteiger charge is 2.12. The summed E-state index contributed by atoms with van der Waals surface area (Å²) in [5.74, 6) is -0.232. The van der Waals surface area contributed by atoms with Crippen LogP contribution >= 0.6 is 33.9 Å². The molecule has 0 fully saturated rings. The van der Waals surface area contributed by atoms with Crippen LogP contribution in [-0.4, -0.2) is 22.6 Å². The van der Waals surface area contributed by atoms with Crippen LogP contribution in [0.25, 0.3) is 0 Å². The summed E-state index contributed by atoms with van der Waals surface area (Å²) in [7, 11) is 0. The molecular weight excluding hydrogens is 375 g/mol. The van der Waals surface area contributed by atoms with E-state index in [9.17, 15) is 4.79 Å². The molecule has 1 aromatic carbocycles. The molecule has 1 aromatic heterocycles. The van der Waals surface area contributed by atoms with E-state index in [0.717, 1.165) is 22.2 Å². The van der Waals surface area contributed by atoms with Gasteiger partial charge in [0.05, 0.1) is 0 Å². The number of aromatic nitrogens is 2. The number of hydrogen-bond acceptors (Lipinski definition) is 5. The minimum atomic E-state index is -0.232. The number of hydrogen-bond donors (Lipinski definition) is 2. The molecule has 2 aromatic rings. The predicted molar refractivity (Wildman–Crippen MR) is 85.8 cm³/mol. The Morgan fingerprint density at radius 1 is 1.42 bits per heavy atom. The standard InChI is InChI=1S/C12H13IN4OS/c1-2-6-14-12-17-16-11(19-12)10(18)15-9-5-3-4-8(13)7-9/h3-5,7H,2,6H2,1H3,(H,14,17)(H,15,18). The summed E-state index contributed by atoms with van der Waals surface area (Å²) >= 11 is 3.46. The second-order valence-electron chi connectivity index (χ2n) is 3.80. The van der Waals surface area contributed by atoms with Crippen molar-refractivity contribution < 1.29 is 4.79 Å². The zero-order valence-corrected chi connectivity index (χ0v) is 13.3. The highest BCUT2D eigenvalue weighted by Crippen LogP contribution is 2.18. The zero-order chi connectivity index (χ0) is 13.7. The van der Waals surface area contributed by atoms with Gasteiger partial charge in [0, 0.05) is 15.8 Å². The van der Waals surface area contributed by atoms with Crippen molar-refractivity contribution in [3.8, 4) is 0 Å². The number of amides is 1. The van der Waals surface area contributed by atoms with Gasteiger partial charge in [0.1, 0.15) is 0 Å². The summed E-state index contributed by atoms with van der Waals surface area (Å²) in [6, 6.07) is 7.60. The molecule has 0 aliphatic carbocycles. The Morgan fingerprint density at radius 2 is 2.26 bits per heavy atom. The normalized spacial score (nSPS) is 10.2. The lowest BCUT2D eigenvalue weighted by Crippen LogP contribution is -2.11. The molecule has 1 amide bonds. The number of carbonyl (C=O) groups is 1. The number of anilines is 2. The number of halogens is 1. The first-order valence-corrected chi connectivity index (χ1v) is 7.73. The Labute approximate surface area is 129 Å². The van der Waals surface area contributed by atoms with Crippen molar-refractivity contribution >= 4 is 50.7 Å². The topological polar surface area (TPSA) is 66.9 Å². The Bertz CT molecular complexity index is 572. The Morgan fingerprint density at radius 3 is 3.00 bits per heavy atom. The van der Waals surface area contributed by atoms with E-state index in [1.54, 1.807) is 0 Å². The van der Waals surface area contributed by atoms with E-state index >= 15 is 0 Å². The first-order chi connectivity index (χ1) is 9.19. The number of nitrogens with one attached hydrogen (secondary N) is 2. The van der Waals surface area contributed by atoms with Crippen LogP contribution in [0.15, 0.2) is 24.3 Å². The maximum absolute atomic E-state index is 12.0. The first-order valence-electron chi connectivity index (χ1n) is 5.83. The maximum Gasteiger partial charge on any atom is 0.286 e. The molecule has 0 atom stereocenters. The smallest absolute Gasteiger partial charge is 0.286 e. The van der Waals surface area contributed by atoms with E-state index in [0.29, 0.717) is 10.1 Å². The third kappa shape index (κ3) is 4.13. The summed E-state index contributed by atoms with van der Waals surface area (Å²) in [5, 5.41) is 14.8. The second kappa shape index (κ2) is 6.80. The van der Waals surface area contributed by atoms with E-state index in [1.165, 1.54) is 11.3 Å². The minimum absolute atomic E-state index is 0.232. The molecular formula is C12H13IN4OS. The fourth-order valence-corrected chi connectivity index (χ4v) is 2.58. The van der Waals surface area contributed by atoms with Crippen LogP contribution in [0.2, 0.25) is 0 Å². The average Bonchev–Trinajstić information content (AvgIpc) is 2.85. The summed E-state index contributed by atoms with van der Waals surface area (Å²) < 4.78 is 1.07. The van der Waals surface area contributed by atoms with Crippen molar-refractivity contribution in [3.63, 3.8) is 0 Å². The van der Waals surface area contributed by atoms with E-state index in [2.05, 4.69) is 50.3 Å². The van der Waals surface area contributed by atoms with Gasteiger partial charge in [-0.25, -0.2) is 0 Å². The van der Waals surface area contributed by atoms with Crippen LogP contribution in [0.3, 0.4) is 0 Å². The summed E-state index contributed by atoms with van der Waals surface area (Å²) in [6.45, 7) is 2.89. The molecule has 0 radical (unpaired) electrons. The lowest BCUT2D eigenvalue weighted by molar-refractivity contribution is 0.102. The molecule has 1 heterocycles. The number of carbonyl (C=O) groups excluding carboxylic acids is 1. The highest BCUT2D eigenvalue weighted by molar-refractivity contribution is 14.1. The Kier molecular flexibility index (Phi) is 5.08. The van der Waals surface area contributed by atoms with Crippen molar-refractivity contribution in [2.75, 3.05) is 17.2 Å². The average molecular weight is 388 g/mol. The van der Waals surface area contributed by atoms with Crippen molar-refractivity contribution in [2.24, 2.45) is 0 Å². The SMILES string of the molecule is CCCNc1nnc(C(=O)Nc2cccc(I)c2)s1. The molecule has 0 spiro atoms. The van der Waals surface area contributed by atoms with Crippen LogP contribution in [0.4, 0.5) is 10.8 Å². The van der Waals surface area contributed by atoms with Crippen molar-refractivity contribution in [1.82, 2.24) is 10.2 Å². The zero-order valence-electron chi connectivity index (χ0n) is 10.3. The lowest BCUT2D eigenvalue weighted by atomic mass is 10.3. The molecule has 0 saturated carbocycles. The lowest BCUT2D eigenvalue weighted by Gasteiger charge is -2.02. The molecule has 2 rings (SSSR count). The van der Waals surface area contributed by atoms with Crippen LogP contribution in [0.1, 0.15) is 23.1 Å². The minimum Gasteiger partial charge on any atom is -0.360 e. The predicted octanol–water partition coefficient (Wildman–Crippen LogP) is 3.22. The van der Waals surface area contributed by atoms with Gasteiger partial charge in [-0.05, 0) is 47.2 Å². The molecule has 0 aliphatic rings. The molecule has 0 saturated heterocycles. The molecule has 19 heavy (non-hydrogen) atoms. The van der Waals surface area contributed by atoms with Crippen LogP contribution in [-0.2, 0) is 0 Å². The monoisotopic (exact) mass is 388 g/mol. The van der Waals surface area contributed by atoms with Crippen molar-refractivity contribution in [3.05, 3.63) is 32.8 Å². The van der Waals surface area contributed by atoms with Gasteiger partial charge in [-0.2, -0.15) is 0 Å². The van der Waals surface area contributed by atoms with Gasteiger partial charge in [0.15, 0.2) is 0 Å². The molecule has 5 nitrogen and oxygen atoms in total. The molecule has 0 bridgehead atoms. The van der Waals surface area contributed by atoms with Gasteiger partial charge in [0.25, 0.3) is 5.91 Å². The van der Waals surface area contributed by atoms with Crippen LogP contribution in [0.5, 0.6) is 0 Å². The largest absolute Gasteiger partial charge is 0.360 e. The van der Waals surface area contributed by atoms with Crippen LogP contribution < -0.4 is 10.6 Å². The fourth-order valence-electron chi connectivity index (χ4n) is 1.37. The third-order valence-electron chi connectivity index (χ3n) is 2.23. The van der Waals surface area contributed by atoms with Gasteiger partial charge < -0.3 is 10.6 Å². The second-order valence-corrected chi connectivity index (χ2v) is 6.03.